The second-order valence-corrected chi connectivity index (χ2v) is 5.00. The number of benzene rings is 2. The molecule has 0 fully saturated rings. The first-order chi connectivity index (χ1) is 10.2. The quantitative estimate of drug-likeness (QED) is 0.895. The molecule has 1 heterocycles. The molecule has 5 nitrogen and oxygen atoms in total. The molecule has 1 aliphatic rings. The van der Waals surface area contributed by atoms with Crippen molar-refractivity contribution in [3.8, 4) is 5.75 Å². The van der Waals surface area contributed by atoms with E-state index in [4.69, 9.17) is 11.6 Å². The van der Waals surface area contributed by atoms with E-state index in [1.807, 2.05) is 0 Å². The van der Waals surface area contributed by atoms with E-state index in [0.717, 1.165) is 10.6 Å². The van der Waals surface area contributed by atoms with Crippen molar-refractivity contribution >= 4 is 23.7 Å². The van der Waals surface area contributed by atoms with Crippen LogP contribution in [0.4, 0.5) is 0 Å². The van der Waals surface area contributed by atoms with Crippen LogP contribution in [0.15, 0.2) is 58.7 Å². The molecule has 0 saturated heterocycles. The zero-order chi connectivity index (χ0) is 14.8. The lowest BCUT2D eigenvalue weighted by atomic mass is 9.95. The number of rotatable bonds is 2. The predicted octanol–water partition coefficient (Wildman–Crippen LogP) is 3.22. The molecular weight excluding hydrogens is 290 g/mol. The van der Waals surface area contributed by atoms with Crippen molar-refractivity contribution in [3.05, 3.63) is 64.7 Å². The Bertz CT molecular complexity index is 713. The van der Waals surface area contributed by atoms with E-state index in [-0.39, 0.29) is 5.75 Å². The normalized spacial score (nSPS) is 17.7. The number of hydroxylamine groups is 2. The van der Waals surface area contributed by atoms with Crippen molar-refractivity contribution in [2.24, 2.45) is 10.2 Å². The van der Waals surface area contributed by atoms with Gasteiger partial charge in [0.2, 0.25) is 0 Å². The molecule has 2 aromatic carbocycles. The Labute approximate surface area is 126 Å². The van der Waals surface area contributed by atoms with Crippen molar-refractivity contribution in [3.63, 3.8) is 0 Å². The molecule has 3 rings (SSSR count). The van der Waals surface area contributed by atoms with Gasteiger partial charge in [-0.2, -0.15) is 5.10 Å². The molecule has 0 saturated carbocycles. The molecule has 1 aliphatic heterocycles. The van der Waals surface area contributed by atoms with E-state index < -0.39 is 6.04 Å². The van der Waals surface area contributed by atoms with E-state index in [2.05, 4.69) is 10.2 Å². The summed E-state index contributed by atoms with van der Waals surface area (Å²) in [5.41, 5.74) is 1.83. The molecule has 21 heavy (non-hydrogen) atoms. The van der Waals surface area contributed by atoms with Gasteiger partial charge in [0.25, 0.3) is 0 Å². The summed E-state index contributed by atoms with van der Waals surface area (Å²) in [6.45, 7) is 0. The second kappa shape index (κ2) is 5.55. The molecule has 1 atom stereocenters. The van der Waals surface area contributed by atoms with Gasteiger partial charge >= 0.3 is 0 Å². The summed E-state index contributed by atoms with van der Waals surface area (Å²) in [4.78, 5) is 0. The van der Waals surface area contributed by atoms with Crippen LogP contribution in [-0.2, 0) is 0 Å². The van der Waals surface area contributed by atoms with Crippen molar-refractivity contribution in [1.29, 1.82) is 0 Å². The van der Waals surface area contributed by atoms with Gasteiger partial charge in [-0.1, -0.05) is 41.9 Å². The van der Waals surface area contributed by atoms with Crippen LogP contribution < -0.4 is 0 Å². The number of nitrogens with zero attached hydrogens (tertiary/aromatic N) is 3. The third-order valence-electron chi connectivity index (χ3n) is 3.23. The number of hydrogen-bond donors (Lipinski definition) is 2. The van der Waals surface area contributed by atoms with Gasteiger partial charge in [-0.25, -0.2) is 5.06 Å². The number of phenols is 1. The van der Waals surface area contributed by atoms with Gasteiger partial charge < -0.3 is 5.11 Å². The van der Waals surface area contributed by atoms with E-state index in [1.165, 1.54) is 6.34 Å². The third-order valence-corrected chi connectivity index (χ3v) is 3.48. The van der Waals surface area contributed by atoms with Gasteiger partial charge in [0.15, 0.2) is 0 Å². The molecule has 1 unspecified atom stereocenters. The molecule has 0 bridgehead atoms. The van der Waals surface area contributed by atoms with E-state index >= 15 is 0 Å². The van der Waals surface area contributed by atoms with Crippen molar-refractivity contribution in [2.75, 3.05) is 0 Å². The van der Waals surface area contributed by atoms with Crippen LogP contribution in [0, 0.1) is 0 Å². The highest BCUT2D eigenvalue weighted by atomic mass is 35.5. The fraction of sp³-hybridized carbons (Fsp3) is 0.0667. The molecule has 0 amide bonds. The van der Waals surface area contributed by atoms with Crippen molar-refractivity contribution < 1.29 is 10.3 Å². The Kier molecular flexibility index (Phi) is 3.60. The second-order valence-electron chi connectivity index (χ2n) is 4.56. The number of halogens is 1. The summed E-state index contributed by atoms with van der Waals surface area (Å²) >= 11 is 5.89. The Balaban J connectivity index is 2.08. The summed E-state index contributed by atoms with van der Waals surface area (Å²) in [6, 6.07) is 13.2. The average molecular weight is 302 g/mol. The van der Waals surface area contributed by atoms with Crippen LogP contribution in [0.25, 0.3) is 0 Å². The number of para-hydroxylation sites is 1. The summed E-state index contributed by atoms with van der Waals surface area (Å²) in [7, 11) is 0. The van der Waals surface area contributed by atoms with Crippen LogP contribution in [0.2, 0.25) is 5.02 Å². The molecule has 2 N–H and O–H groups in total. The minimum Gasteiger partial charge on any atom is -0.508 e. The summed E-state index contributed by atoms with van der Waals surface area (Å²) in [6.07, 6.45) is 1.20. The highest BCUT2D eigenvalue weighted by Crippen LogP contribution is 2.32. The van der Waals surface area contributed by atoms with Gasteiger partial charge in [0.05, 0.1) is 0 Å². The van der Waals surface area contributed by atoms with Crippen LogP contribution in [0.3, 0.4) is 0 Å². The number of hydrogen-bond acceptors (Lipinski definition) is 5. The molecular formula is C15H12ClN3O2. The molecule has 0 aromatic heterocycles. The minimum absolute atomic E-state index is 0.0820. The maximum absolute atomic E-state index is 10.1. The van der Waals surface area contributed by atoms with Crippen LogP contribution in [0.5, 0.6) is 5.75 Å². The lowest BCUT2D eigenvalue weighted by Gasteiger charge is -2.28. The number of aromatic hydroxyl groups is 1. The first-order valence-electron chi connectivity index (χ1n) is 6.29. The smallest absolute Gasteiger partial charge is 0.139 e. The molecule has 0 radical (unpaired) electrons. The highest BCUT2D eigenvalue weighted by Gasteiger charge is 2.29. The van der Waals surface area contributed by atoms with Crippen LogP contribution in [0.1, 0.15) is 17.2 Å². The Morgan fingerprint density at radius 3 is 2.48 bits per heavy atom. The SMILES string of the molecule is Oc1ccccc1C1C(c2ccc(Cl)cc2)=NN=CN1O. The monoisotopic (exact) mass is 301 g/mol. The third kappa shape index (κ3) is 2.61. The maximum Gasteiger partial charge on any atom is 0.139 e. The van der Waals surface area contributed by atoms with Crippen LogP contribution in [-0.4, -0.2) is 27.4 Å². The van der Waals surface area contributed by atoms with Gasteiger partial charge in [-0.15, -0.1) is 5.10 Å². The first kappa shape index (κ1) is 13.6. The Morgan fingerprint density at radius 2 is 1.76 bits per heavy atom. The van der Waals surface area contributed by atoms with Gasteiger partial charge in [0.1, 0.15) is 23.8 Å². The van der Waals surface area contributed by atoms with E-state index in [9.17, 15) is 10.3 Å². The maximum atomic E-state index is 10.1. The average Bonchev–Trinajstić information content (AvgIpc) is 2.49. The Hall–Kier alpha value is -2.37. The predicted molar refractivity (Wildman–Crippen MR) is 81.0 cm³/mol. The molecule has 106 valence electrons. The van der Waals surface area contributed by atoms with Gasteiger partial charge in [-0.3, -0.25) is 5.21 Å². The summed E-state index contributed by atoms with van der Waals surface area (Å²) in [5.74, 6) is 0.0820. The summed E-state index contributed by atoms with van der Waals surface area (Å²) in [5, 5.41) is 29.5. The first-order valence-corrected chi connectivity index (χ1v) is 6.66. The zero-order valence-corrected chi connectivity index (χ0v) is 11.6. The molecule has 0 aliphatic carbocycles. The fourth-order valence-corrected chi connectivity index (χ4v) is 2.36. The lowest BCUT2D eigenvalue weighted by Crippen LogP contribution is -2.33. The largest absolute Gasteiger partial charge is 0.508 e. The van der Waals surface area contributed by atoms with E-state index in [0.29, 0.717) is 16.3 Å². The van der Waals surface area contributed by atoms with E-state index in [1.54, 1.807) is 48.5 Å². The molecule has 6 heteroatoms. The van der Waals surface area contributed by atoms with Gasteiger partial charge in [-0.05, 0) is 18.2 Å². The summed E-state index contributed by atoms with van der Waals surface area (Å²) < 4.78 is 0. The van der Waals surface area contributed by atoms with Crippen LogP contribution >= 0.6 is 11.6 Å². The lowest BCUT2D eigenvalue weighted by molar-refractivity contribution is -0.0295. The highest BCUT2D eigenvalue weighted by molar-refractivity contribution is 6.30. The van der Waals surface area contributed by atoms with Gasteiger partial charge in [0, 0.05) is 16.1 Å². The zero-order valence-electron chi connectivity index (χ0n) is 10.9. The van der Waals surface area contributed by atoms with Crippen molar-refractivity contribution in [1.82, 2.24) is 5.06 Å². The topological polar surface area (TPSA) is 68.4 Å². The standard InChI is InChI=1S/C15H12ClN3O2/c16-11-7-5-10(6-8-11)14-15(19(21)9-17-18-14)12-3-1-2-4-13(12)20/h1-9,15,20-21H. The van der Waals surface area contributed by atoms with Crippen molar-refractivity contribution in [2.45, 2.75) is 6.04 Å². The Morgan fingerprint density at radius 1 is 1.05 bits per heavy atom. The minimum atomic E-state index is -0.634. The molecule has 0 spiro atoms. The molecule has 2 aromatic rings. The fourth-order valence-electron chi connectivity index (χ4n) is 2.23. The number of phenolic OH excluding ortho intramolecular Hbond substituents is 1.